The van der Waals surface area contributed by atoms with Gasteiger partial charge in [-0.1, -0.05) is 24.6 Å². The maximum absolute atomic E-state index is 3.51. The second-order valence-electron chi connectivity index (χ2n) is 5.46. The van der Waals surface area contributed by atoms with E-state index in [1.165, 1.54) is 28.7 Å². The first-order valence-corrected chi connectivity index (χ1v) is 6.29. The molecule has 0 bridgehead atoms. The van der Waals surface area contributed by atoms with Crippen molar-refractivity contribution >= 4 is 0 Å². The molecule has 1 N–H and O–H groups in total. The van der Waals surface area contributed by atoms with Gasteiger partial charge in [-0.3, -0.25) is 0 Å². The Morgan fingerprint density at radius 2 is 1.69 bits per heavy atom. The fraction of sp³-hybridized carbons (Fsp3) is 0.600. The number of aryl methyl sites for hydroxylation is 3. The zero-order chi connectivity index (χ0) is 11.9. The topological polar surface area (TPSA) is 12.0 Å². The Morgan fingerprint density at radius 3 is 2.06 bits per heavy atom. The van der Waals surface area contributed by atoms with Crippen molar-refractivity contribution in [3.8, 4) is 0 Å². The Kier molecular flexibility index (Phi) is 3.07. The Bertz CT molecular complexity index is 371. The third-order valence-corrected chi connectivity index (χ3v) is 3.96. The van der Waals surface area contributed by atoms with Gasteiger partial charge < -0.3 is 5.32 Å². The largest absolute Gasteiger partial charge is 0.313 e. The Labute approximate surface area is 99.3 Å². The van der Waals surface area contributed by atoms with Crippen LogP contribution in [0.4, 0.5) is 0 Å². The van der Waals surface area contributed by atoms with Crippen molar-refractivity contribution in [3.05, 3.63) is 34.4 Å². The molecule has 3 unspecified atom stereocenters. The first-order chi connectivity index (χ1) is 7.54. The Hall–Kier alpha value is -0.820. The molecule has 0 amide bonds. The molecule has 1 aromatic carbocycles. The molecule has 0 aromatic heterocycles. The van der Waals surface area contributed by atoms with Crippen LogP contribution in [0.25, 0.3) is 0 Å². The SMILES string of the molecule is CNC(c1c(C)cc(C)cc1C)C1CC1C. The molecule has 88 valence electrons. The quantitative estimate of drug-likeness (QED) is 0.816. The molecule has 16 heavy (non-hydrogen) atoms. The maximum Gasteiger partial charge on any atom is 0.0354 e. The van der Waals surface area contributed by atoms with Crippen LogP contribution < -0.4 is 5.32 Å². The van der Waals surface area contributed by atoms with Crippen molar-refractivity contribution < 1.29 is 0 Å². The highest BCUT2D eigenvalue weighted by molar-refractivity contribution is 5.40. The Morgan fingerprint density at radius 1 is 1.19 bits per heavy atom. The van der Waals surface area contributed by atoms with Crippen molar-refractivity contribution in [1.82, 2.24) is 5.32 Å². The second kappa shape index (κ2) is 4.21. The number of hydrogen-bond donors (Lipinski definition) is 1. The van der Waals surface area contributed by atoms with Crippen LogP contribution >= 0.6 is 0 Å². The molecule has 0 aliphatic heterocycles. The van der Waals surface area contributed by atoms with E-state index in [2.05, 4.69) is 52.2 Å². The molecule has 0 spiro atoms. The van der Waals surface area contributed by atoms with Crippen LogP contribution in [-0.4, -0.2) is 7.05 Å². The molecule has 1 fully saturated rings. The second-order valence-corrected chi connectivity index (χ2v) is 5.46. The lowest BCUT2D eigenvalue weighted by atomic mass is 9.91. The molecule has 0 radical (unpaired) electrons. The van der Waals surface area contributed by atoms with Crippen molar-refractivity contribution in [3.63, 3.8) is 0 Å². The zero-order valence-electron chi connectivity index (χ0n) is 11.1. The van der Waals surface area contributed by atoms with Crippen LogP contribution in [0.1, 0.15) is 41.6 Å². The molecule has 1 heteroatoms. The van der Waals surface area contributed by atoms with E-state index in [1.807, 2.05) is 0 Å². The van der Waals surface area contributed by atoms with Gasteiger partial charge in [0.2, 0.25) is 0 Å². The van der Waals surface area contributed by atoms with E-state index >= 15 is 0 Å². The molecule has 1 aliphatic rings. The summed E-state index contributed by atoms with van der Waals surface area (Å²) in [6.45, 7) is 9.02. The van der Waals surface area contributed by atoms with Gasteiger partial charge in [-0.05, 0) is 62.8 Å². The highest BCUT2D eigenvalue weighted by Gasteiger charge is 2.40. The molecule has 1 saturated carbocycles. The third kappa shape index (κ3) is 2.01. The maximum atomic E-state index is 3.51. The molecule has 0 heterocycles. The van der Waals surface area contributed by atoms with Gasteiger partial charge in [0.1, 0.15) is 0 Å². The predicted octanol–water partition coefficient (Wildman–Crippen LogP) is 3.53. The Balaban J connectivity index is 2.38. The molecule has 1 aliphatic carbocycles. The lowest BCUT2D eigenvalue weighted by Crippen LogP contribution is -2.21. The molecule has 1 aromatic rings. The van der Waals surface area contributed by atoms with E-state index in [9.17, 15) is 0 Å². The highest BCUT2D eigenvalue weighted by atomic mass is 14.9. The lowest BCUT2D eigenvalue weighted by molar-refractivity contribution is 0.499. The molecule has 0 saturated heterocycles. The van der Waals surface area contributed by atoms with Gasteiger partial charge in [0.15, 0.2) is 0 Å². The molecule has 2 rings (SSSR count). The summed E-state index contributed by atoms with van der Waals surface area (Å²) in [6.07, 6.45) is 1.37. The summed E-state index contributed by atoms with van der Waals surface area (Å²) in [5, 5.41) is 3.51. The van der Waals surface area contributed by atoms with Gasteiger partial charge in [-0.25, -0.2) is 0 Å². The number of nitrogens with one attached hydrogen (secondary N) is 1. The molecule has 1 nitrogen and oxygen atoms in total. The minimum atomic E-state index is 0.551. The lowest BCUT2D eigenvalue weighted by Gasteiger charge is -2.22. The summed E-state index contributed by atoms with van der Waals surface area (Å²) in [5.41, 5.74) is 5.78. The van der Waals surface area contributed by atoms with E-state index in [0.717, 1.165) is 11.8 Å². The number of hydrogen-bond acceptors (Lipinski definition) is 1. The number of benzene rings is 1. The monoisotopic (exact) mass is 217 g/mol. The standard InChI is InChI=1S/C15H23N/c1-9-6-11(3)14(12(4)7-9)15(16-5)13-8-10(13)2/h6-7,10,13,15-16H,8H2,1-5H3. The first kappa shape index (κ1) is 11.7. The highest BCUT2D eigenvalue weighted by Crippen LogP contribution is 2.48. The van der Waals surface area contributed by atoms with Gasteiger partial charge >= 0.3 is 0 Å². The smallest absolute Gasteiger partial charge is 0.0354 e. The summed E-state index contributed by atoms with van der Waals surface area (Å²) >= 11 is 0. The normalized spacial score (nSPS) is 25.6. The van der Waals surface area contributed by atoms with Gasteiger partial charge in [0.25, 0.3) is 0 Å². The van der Waals surface area contributed by atoms with Crippen LogP contribution in [-0.2, 0) is 0 Å². The minimum absolute atomic E-state index is 0.551. The van der Waals surface area contributed by atoms with Crippen molar-refractivity contribution in [1.29, 1.82) is 0 Å². The van der Waals surface area contributed by atoms with E-state index in [4.69, 9.17) is 0 Å². The number of rotatable bonds is 3. The zero-order valence-corrected chi connectivity index (χ0v) is 11.1. The molecule has 3 atom stereocenters. The van der Waals surface area contributed by atoms with Gasteiger partial charge in [-0.2, -0.15) is 0 Å². The van der Waals surface area contributed by atoms with E-state index < -0.39 is 0 Å². The summed E-state index contributed by atoms with van der Waals surface area (Å²) in [4.78, 5) is 0. The van der Waals surface area contributed by atoms with Gasteiger partial charge in [-0.15, -0.1) is 0 Å². The van der Waals surface area contributed by atoms with E-state index in [1.54, 1.807) is 0 Å². The summed E-state index contributed by atoms with van der Waals surface area (Å²) in [7, 11) is 2.09. The van der Waals surface area contributed by atoms with E-state index in [-0.39, 0.29) is 0 Å². The average Bonchev–Trinajstić information content (AvgIpc) is 2.88. The summed E-state index contributed by atoms with van der Waals surface area (Å²) in [6, 6.07) is 5.16. The van der Waals surface area contributed by atoms with Gasteiger partial charge in [0.05, 0.1) is 0 Å². The molecular formula is C15H23N. The van der Waals surface area contributed by atoms with Crippen LogP contribution in [0.15, 0.2) is 12.1 Å². The third-order valence-electron chi connectivity index (χ3n) is 3.96. The van der Waals surface area contributed by atoms with Crippen LogP contribution in [0, 0.1) is 32.6 Å². The average molecular weight is 217 g/mol. The van der Waals surface area contributed by atoms with Crippen molar-refractivity contribution in [2.45, 2.75) is 40.2 Å². The van der Waals surface area contributed by atoms with Gasteiger partial charge in [0, 0.05) is 6.04 Å². The van der Waals surface area contributed by atoms with Crippen molar-refractivity contribution in [2.75, 3.05) is 7.05 Å². The minimum Gasteiger partial charge on any atom is -0.313 e. The molecular weight excluding hydrogens is 194 g/mol. The summed E-state index contributed by atoms with van der Waals surface area (Å²) in [5.74, 6) is 1.72. The van der Waals surface area contributed by atoms with Crippen LogP contribution in [0.5, 0.6) is 0 Å². The fourth-order valence-electron chi connectivity index (χ4n) is 3.07. The van der Waals surface area contributed by atoms with Crippen molar-refractivity contribution in [2.24, 2.45) is 11.8 Å². The summed E-state index contributed by atoms with van der Waals surface area (Å²) < 4.78 is 0. The fourth-order valence-corrected chi connectivity index (χ4v) is 3.07. The first-order valence-electron chi connectivity index (χ1n) is 6.29. The predicted molar refractivity (Wildman–Crippen MR) is 69.7 cm³/mol. The van der Waals surface area contributed by atoms with Crippen LogP contribution in [0.2, 0.25) is 0 Å². The van der Waals surface area contributed by atoms with E-state index in [0.29, 0.717) is 6.04 Å². The van der Waals surface area contributed by atoms with Crippen LogP contribution in [0.3, 0.4) is 0 Å².